The van der Waals surface area contributed by atoms with Crippen molar-refractivity contribution in [3.63, 3.8) is 0 Å². The fraction of sp³-hybridized carbons (Fsp3) is 0.556. The fourth-order valence-corrected chi connectivity index (χ4v) is 3.12. The van der Waals surface area contributed by atoms with E-state index < -0.39 is 0 Å². The number of rotatable bonds is 5. The molecule has 0 radical (unpaired) electrons. The fourth-order valence-electron chi connectivity index (χ4n) is 2.92. The van der Waals surface area contributed by atoms with Gasteiger partial charge in [-0.2, -0.15) is 0 Å². The van der Waals surface area contributed by atoms with E-state index in [1.165, 1.54) is 44.1 Å². The van der Waals surface area contributed by atoms with Gasteiger partial charge in [-0.25, -0.2) is 0 Å². The summed E-state index contributed by atoms with van der Waals surface area (Å²) in [5.41, 5.74) is 2.86. The Labute approximate surface area is 128 Å². The molecule has 1 atom stereocenters. The lowest BCUT2D eigenvalue weighted by atomic mass is 9.91. The summed E-state index contributed by atoms with van der Waals surface area (Å²) >= 11 is 6.17. The van der Waals surface area contributed by atoms with Crippen molar-refractivity contribution in [1.29, 1.82) is 0 Å². The van der Waals surface area contributed by atoms with E-state index in [1.54, 1.807) is 5.57 Å². The molecule has 0 aromatic heterocycles. The molecule has 0 fully saturated rings. The molecule has 1 aromatic carbocycles. The van der Waals surface area contributed by atoms with Crippen molar-refractivity contribution in [3.8, 4) is 0 Å². The first kappa shape index (κ1) is 15.6. The molecule has 2 heteroatoms. The van der Waals surface area contributed by atoms with E-state index in [4.69, 9.17) is 11.6 Å². The van der Waals surface area contributed by atoms with Crippen LogP contribution in [0, 0.1) is 0 Å². The van der Waals surface area contributed by atoms with Gasteiger partial charge in [0.25, 0.3) is 0 Å². The Morgan fingerprint density at radius 3 is 2.85 bits per heavy atom. The Morgan fingerprint density at radius 1 is 1.20 bits per heavy atom. The second kappa shape index (κ2) is 8.49. The van der Waals surface area contributed by atoms with Gasteiger partial charge in [-0.15, -0.1) is 0 Å². The molecule has 0 aliphatic heterocycles. The van der Waals surface area contributed by atoms with E-state index in [9.17, 15) is 0 Å². The zero-order chi connectivity index (χ0) is 14.2. The molecule has 0 saturated heterocycles. The third-order valence-corrected chi connectivity index (χ3v) is 4.21. The molecule has 0 saturated carbocycles. The molecule has 0 amide bonds. The molecular weight excluding hydrogens is 266 g/mol. The summed E-state index contributed by atoms with van der Waals surface area (Å²) in [5, 5.41) is 4.53. The topological polar surface area (TPSA) is 12.0 Å². The van der Waals surface area contributed by atoms with Crippen LogP contribution in [0.25, 0.3) is 0 Å². The van der Waals surface area contributed by atoms with Crippen LogP contribution >= 0.6 is 11.6 Å². The summed E-state index contributed by atoms with van der Waals surface area (Å²) in [5.74, 6) is 0. The van der Waals surface area contributed by atoms with Crippen molar-refractivity contribution in [3.05, 3.63) is 46.5 Å². The third-order valence-electron chi connectivity index (χ3n) is 3.98. The molecule has 1 aromatic rings. The summed E-state index contributed by atoms with van der Waals surface area (Å²) in [4.78, 5) is 0. The molecule has 20 heavy (non-hydrogen) atoms. The smallest absolute Gasteiger partial charge is 0.0536 e. The van der Waals surface area contributed by atoms with Gasteiger partial charge >= 0.3 is 0 Å². The summed E-state index contributed by atoms with van der Waals surface area (Å²) in [6.45, 7) is 3.27. The van der Waals surface area contributed by atoms with Crippen molar-refractivity contribution in [2.24, 2.45) is 0 Å². The monoisotopic (exact) mass is 291 g/mol. The summed E-state index contributed by atoms with van der Waals surface area (Å²) in [6, 6.07) is 8.65. The number of halogens is 1. The number of nitrogens with one attached hydrogen (secondary N) is 1. The first-order chi connectivity index (χ1) is 9.81. The zero-order valence-corrected chi connectivity index (χ0v) is 13.3. The number of benzene rings is 1. The Morgan fingerprint density at radius 2 is 2.05 bits per heavy atom. The highest BCUT2D eigenvalue weighted by Gasteiger charge is 2.16. The van der Waals surface area contributed by atoms with Gasteiger partial charge in [-0.3, -0.25) is 0 Å². The van der Waals surface area contributed by atoms with Crippen LogP contribution in [0.4, 0.5) is 0 Å². The standard InChI is InChI=1S/C18H26ClN/c1-2-13-20-18(16-11-8-12-17(19)14-16)15-9-6-4-3-5-7-10-15/h8-9,11-12,14,18,20H,2-7,10,13H2,1H3/b15-9+. The summed E-state index contributed by atoms with van der Waals surface area (Å²) < 4.78 is 0. The van der Waals surface area contributed by atoms with Crippen LogP contribution in [0.2, 0.25) is 5.02 Å². The SMILES string of the molecule is CCCNC(/C1=C/CCCCCC1)c1cccc(Cl)c1. The van der Waals surface area contributed by atoms with Gasteiger partial charge in [0.05, 0.1) is 6.04 Å². The van der Waals surface area contributed by atoms with Crippen molar-refractivity contribution in [2.75, 3.05) is 6.54 Å². The Hall–Kier alpha value is -0.790. The molecule has 1 N–H and O–H groups in total. The van der Waals surface area contributed by atoms with Crippen LogP contribution in [0.1, 0.15) is 63.5 Å². The van der Waals surface area contributed by atoms with Gasteiger partial charge in [0.15, 0.2) is 0 Å². The molecule has 1 nitrogen and oxygen atoms in total. The van der Waals surface area contributed by atoms with E-state index in [1.807, 2.05) is 6.07 Å². The average Bonchev–Trinajstić information content (AvgIpc) is 2.41. The van der Waals surface area contributed by atoms with Crippen LogP contribution in [-0.2, 0) is 0 Å². The molecule has 110 valence electrons. The Kier molecular flexibility index (Phi) is 6.62. The van der Waals surface area contributed by atoms with E-state index in [-0.39, 0.29) is 0 Å². The van der Waals surface area contributed by atoms with Gasteiger partial charge in [-0.05, 0) is 56.3 Å². The Balaban J connectivity index is 2.21. The molecule has 0 bridgehead atoms. The van der Waals surface area contributed by atoms with Crippen LogP contribution in [0.3, 0.4) is 0 Å². The van der Waals surface area contributed by atoms with Crippen molar-refractivity contribution < 1.29 is 0 Å². The predicted octanol–water partition coefficient (Wildman–Crippen LogP) is 5.66. The zero-order valence-electron chi connectivity index (χ0n) is 12.5. The second-order valence-corrected chi connectivity index (χ2v) is 6.11. The average molecular weight is 292 g/mol. The highest BCUT2D eigenvalue weighted by molar-refractivity contribution is 6.30. The maximum absolute atomic E-state index is 6.17. The van der Waals surface area contributed by atoms with Crippen molar-refractivity contribution in [2.45, 2.75) is 57.9 Å². The van der Waals surface area contributed by atoms with Crippen LogP contribution in [0.5, 0.6) is 0 Å². The van der Waals surface area contributed by atoms with Crippen LogP contribution in [0.15, 0.2) is 35.9 Å². The van der Waals surface area contributed by atoms with Gasteiger partial charge < -0.3 is 5.32 Å². The maximum atomic E-state index is 6.17. The minimum absolute atomic E-state index is 0.340. The number of hydrogen-bond acceptors (Lipinski definition) is 1. The van der Waals surface area contributed by atoms with Gasteiger partial charge in [-0.1, -0.05) is 55.1 Å². The normalized spacial score (nSPS) is 20.6. The lowest BCUT2D eigenvalue weighted by Gasteiger charge is -2.24. The maximum Gasteiger partial charge on any atom is 0.0536 e. The summed E-state index contributed by atoms with van der Waals surface area (Å²) in [7, 11) is 0. The number of allylic oxidation sites excluding steroid dienone is 1. The van der Waals surface area contributed by atoms with E-state index >= 15 is 0 Å². The predicted molar refractivity (Wildman–Crippen MR) is 88.3 cm³/mol. The molecule has 1 aliphatic carbocycles. The van der Waals surface area contributed by atoms with Crippen LogP contribution in [-0.4, -0.2) is 6.54 Å². The van der Waals surface area contributed by atoms with E-state index in [2.05, 4.69) is 36.5 Å². The Bertz CT molecular complexity index is 439. The van der Waals surface area contributed by atoms with Crippen molar-refractivity contribution in [1.82, 2.24) is 5.32 Å². The van der Waals surface area contributed by atoms with Gasteiger partial charge in [0, 0.05) is 5.02 Å². The van der Waals surface area contributed by atoms with Crippen LogP contribution < -0.4 is 5.32 Å². The minimum Gasteiger partial charge on any atom is -0.307 e. The highest BCUT2D eigenvalue weighted by atomic mass is 35.5. The molecule has 2 rings (SSSR count). The number of hydrogen-bond donors (Lipinski definition) is 1. The minimum atomic E-state index is 0.340. The molecule has 1 unspecified atom stereocenters. The summed E-state index contributed by atoms with van der Waals surface area (Å²) in [6.07, 6.45) is 11.5. The molecular formula is C18H26ClN. The quantitative estimate of drug-likeness (QED) is 0.690. The third kappa shape index (κ3) is 4.64. The van der Waals surface area contributed by atoms with Crippen molar-refractivity contribution >= 4 is 11.6 Å². The molecule has 1 aliphatic rings. The molecule has 0 heterocycles. The second-order valence-electron chi connectivity index (χ2n) is 5.67. The highest BCUT2D eigenvalue weighted by Crippen LogP contribution is 2.30. The lowest BCUT2D eigenvalue weighted by molar-refractivity contribution is 0.541. The first-order valence-corrected chi connectivity index (χ1v) is 8.37. The molecule has 0 spiro atoms. The first-order valence-electron chi connectivity index (χ1n) is 7.99. The largest absolute Gasteiger partial charge is 0.307 e. The van der Waals surface area contributed by atoms with E-state index in [0.29, 0.717) is 6.04 Å². The lowest BCUT2D eigenvalue weighted by Crippen LogP contribution is -2.24. The van der Waals surface area contributed by atoms with E-state index in [0.717, 1.165) is 18.0 Å². The van der Waals surface area contributed by atoms with Gasteiger partial charge in [0.1, 0.15) is 0 Å². The van der Waals surface area contributed by atoms with Gasteiger partial charge in [0.2, 0.25) is 0 Å².